The largest absolute Gasteiger partial charge is 0.443 e. The Bertz CT molecular complexity index is 418. The molecule has 3 heteroatoms. The minimum absolute atomic E-state index is 0.369. The van der Waals surface area contributed by atoms with Crippen LogP contribution < -0.4 is 4.90 Å². The number of hydrogen-bond donors (Lipinski definition) is 0. The molecule has 0 aliphatic rings. The zero-order valence-electron chi connectivity index (χ0n) is 10.9. The molecule has 0 aliphatic heterocycles. The predicted octanol–water partition coefficient (Wildman–Crippen LogP) is 3.70. The summed E-state index contributed by atoms with van der Waals surface area (Å²) in [5, 5.41) is 0. The molecule has 3 nitrogen and oxygen atoms in total. The van der Waals surface area contributed by atoms with Gasteiger partial charge in [-0.1, -0.05) is 30.9 Å². The molecule has 17 heavy (non-hydrogen) atoms. The number of rotatable bonds is 2. The molecule has 0 saturated heterocycles. The van der Waals surface area contributed by atoms with Crippen molar-refractivity contribution in [1.29, 1.82) is 0 Å². The van der Waals surface area contributed by atoms with E-state index in [-0.39, 0.29) is 6.09 Å². The van der Waals surface area contributed by atoms with E-state index < -0.39 is 5.60 Å². The van der Waals surface area contributed by atoms with Crippen molar-refractivity contribution in [2.24, 2.45) is 0 Å². The molecule has 0 unspecified atom stereocenters. The van der Waals surface area contributed by atoms with Crippen LogP contribution in [0.3, 0.4) is 0 Å². The monoisotopic (exact) mass is 233 g/mol. The quantitative estimate of drug-likeness (QED) is 0.779. The van der Waals surface area contributed by atoms with Gasteiger partial charge in [0.15, 0.2) is 0 Å². The van der Waals surface area contributed by atoms with Gasteiger partial charge in [0.05, 0.1) is 5.69 Å². The first-order valence-corrected chi connectivity index (χ1v) is 5.53. The highest BCUT2D eigenvalue weighted by molar-refractivity contribution is 5.90. The van der Waals surface area contributed by atoms with Crippen molar-refractivity contribution in [3.8, 4) is 0 Å². The molecule has 92 valence electrons. The van der Waals surface area contributed by atoms with Gasteiger partial charge in [0.25, 0.3) is 0 Å². The predicted molar refractivity (Wildman–Crippen MR) is 71.2 cm³/mol. The summed E-state index contributed by atoms with van der Waals surface area (Å²) in [5.74, 6) is 0. The Morgan fingerprint density at radius 1 is 1.35 bits per heavy atom. The molecule has 0 fully saturated rings. The van der Waals surface area contributed by atoms with Gasteiger partial charge >= 0.3 is 6.09 Å². The van der Waals surface area contributed by atoms with Crippen molar-refractivity contribution >= 4 is 17.9 Å². The van der Waals surface area contributed by atoms with Crippen LogP contribution in [-0.2, 0) is 4.74 Å². The maximum absolute atomic E-state index is 11.9. The molecule has 0 radical (unpaired) electrons. The standard InChI is InChI=1S/C14H19NO2/c1-6-11-9-7-8-10-12(11)15(5)13(16)17-14(2,3)4/h6-10H,1H2,2-5H3. The first-order chi connectivity index (χ1) is 7.85. The van der Waals surface area contributed by atoms with E-state index in [1.807, 2.05) is 45.0 Å². The van der Waals surface area contributed by atoms with Crippen LogP contribution >= 0.6 is 0 Å². The van der Waals surface area contributed by atoms with Crippen LogP contribution in [0.15, 0.2) is 30.8 Å². The van der Waals surface area contributed by atoms with Gasteiger partial charge in [-0.25, -0.2) is 4.79 Å². The number of benzene rings is 1. The lowest BCUT2D eigenvalue weighted by atomic mass is 10.1. The summed E-state index contributed by atoms with van der Waals surface area (Å²) < 4.78 is 5.31. The van der Waals surface area contributed by atoms with Gasteiger partial charge in [-0.2, -0.15) is 0 Å². The van der Waals surface area contributed by atoms with Crippen LogP contribution in [0.4, 0.5) is 10.5 Å². The first kappa shape index (κ1) is 13.3. The molecule has 0 aliphatic carbocycles. The van der Waals surface area contributed by atoms with Gasteiger partial charge in [-0.15, -0.1) is 0 Å². The topological polar surface area (TPSA) is 29.5 Å². The molecule has 0 atom stereocenters. The smallest absolute Gasteiger partial charge is 0.414 e. The van der Waals surface area contributed by atoms with Crippen molar-refractivity contribution in [2.75, 3.05) is 11.9 Å². The second-order valence-electron chi connectivity index (χ2n) is 4.80. The third-order valence-corrected chi connectivity index (χ3v) is 2.19. The Morgan fingerprint density at radius 3 is 2.47 bits per heavy atom. The van der Waals surface area contributed by atoms with Gasteiger partial charge in [0.2, 0.25) is 0 Å². The van der Waals surface area contributed by atoms with E-state index in [0.717, 1.165) is 11.3 Å². The average molecular weight is 233 g/mol. The maximum atomic E-state index is 11.9. The van der Waals surface area contributed by atoms with Gasteiger partial charge in [-0.3, -0.25) is 4.90 Å². The highest BCUT2D eigenvalue weighted by Gasteiger charge is 2.21. The fourth-order valence-corrected chi connectivity index (χ4v) is 1.39. The summed E-state index contributed by atoms with van der Waals surface area (Å²) in [5.41, 5.74) is 1.20. The number of carbonyl (C=O) groups is 1. The van der Waals surface area contributed by atoms with E-state index in [0.29, 0.717) is 0 Å². The van der Waals surface area contributed by atoms with E-state index in [2.05, 4.69) is 6.58 Å². The molecule has 0 N–H and O–H groups in total. The molecule has 1 rings (SSSR count). The second-order valence-corrected chi connectivity index (χ2v) is 4.80. The Morgan fingerprint density at radius 2 is 1.94 bits per heavy atom. The summed E-state index contributed by atoms with van der Waals surface area (Å²) in [6.07, 6.45) is 1.35. The maximum Gasteiger partial charge on any atom is 0.414 e. The van der Waals surface area contributed by atoms with E-state index in [1.54, 1.807) is 13.1 Å². The molecule has 0 saturated carbocycles. The molecular formula is C14H19NO2. The Kier molecular flexibility index (Phi) is 3.94. The van der Waals surface area contributed by atoms with Gasteiger partial charge in [0.1, 0.15) is 5.60 Å². The fourth-order valence-electron chi connectivity index (χ4n) is 1.39. The first-order valence-electron chi connectivity index (χ1n) is 5.53. The van der Waals surface area contributed by atoms with Crippen LogP contribution in [0, 0.1) is 0 Å². The highest BCUT2D eigenvalue weighted by atomic mass is 16.6. The van der Waals surface area contributed by atoms with Crippen molar-refractivity contribution in [3.63, 3.8) is 0 Å². The lowest BCUT2D eigenvalue weighted by Gasteiger charge is -2.25. The minimum atomic E-state index is -0.492. The number of nitrogens with zero attached hydrogens (tertiary/aromatic N) is 1. The van der Waals surface area contributed by atoms with Crippen molar-refractivity contribution in [2.45, 2.75) is 26.4 Å². The third kappa shape index (κ3) is 3.63. The van der Waals surface area contributed by atoms with E-state index in [1.165, 1.54) is 4.90 Å². The summed E-state index contributed by atoms with van der Waals surface area (Å²) in [6, 6.07) is 7.55. The molecule has 1 amide bonds. The minimum Gasteiger partial charge on any atom is -0.443 e. The van der Waals surface area contributed by atoms with Crippen LogP contribution in [0.5, 0.6) is 0 Å². The summed E-state index contributed by atoms with van der Waals surface area (Å²) in [4.78, 5) is 13.4. The number of amides is 1. The zero-order chi connectivity index (χ0) is 13.1. The van der Waals surface area contributed by atoms with E-state index in [4.69, 9.17) is 4.74 Å². The third-order valence-electron chi connectivity index (χ3n) is 2.19. The Balaban J connectivity index is 2.92. The molecule has 0 aromatic heterocycles. The molecular weight excluding hydrogens is 214 g/mol. The number of carbonyl (C=O) groups excluding carboxylic acids is 1. The molecule has 1 aromatic rings. The van der Waals surface area contributed by atoms with Crippen molar-refractivity contribution < 1.29 is 9.53 Å². The highest BCUT2D eigenvalue weighted by Crippen LogP contribution is 2.22. The molecule has 0 heterocycles. The number of ether oxygens (including phenoxy) is 1. The second kappa shape index (κ2) is 5.04. The van der Waals surface area contributed by atoms with Gasteiger partial charge in [-0.05, 0) is 32.4 Å². The van der Waals surface area contributed by atoms with Gasteiger partial charge in [0, 0.05) is 7.05 Å². The fraction of sp³-hybridized carbons (Fsp3) is 0.357. The Labute approximate surface area is 103 Å². The van der Waals surface area contributed by atoms with E-state index in [9.17, 15) is 4.79 Å². The summed E-state index contributed by atoms with van der Waals surface area (Å²) >= 11 is 0. The number of anilines is 1. The summed E-state index contributed by atoms with van der Waals surface area (Å²) in [7, 11) is 1.69. The molecule has 1 aromatic carbocycles. The molecule has 0 bridgehead atoms. The lowest BCUT2D eigenvalue weighted by Crippen LogP contribution is -2.34. The SMILES string of the molecule is C=Cc1ccccc1N(C)C(=O)OC(C)(C)C. The summed E-state index contributed by atoms with van der Waals surface area (Å²) in [6.45, 7) is 9.27. The Hall–Kier alpha value is -1.77. The van der Waals surface area contributed by atoms with Crippen molar-refractivity contribution in [3.05, 3.63) is 36.4 Å². The van der Waals surface area contributed by atoms with Crippen LogP contribution in [0.2, 0.25) is 0 Å². The molecule has 0 spiro atoms. The van der Waals surface area contributed by atoms with Crippen molar-refractivity contribution in [1.82, 2.24) is 0 Å². The van der Waals surface area contributed by atoms with E-state index >= 15 is 0 Å². The van der Waals surface area contributed by atoms with Crippen LogP contribution in [-0.4, -0.2) is 18.7 Å². The number of para-hydroxylation sites is 1. The normalized spacial score (nSPS) is 10.8. The average Bonchev–Trinajstić information content (AvgIpc) is 2.25. The van der Waals surface area contributed by atoms with Crippen LogP contribution in [0.25, 0.3) is 6.08 Å². The van der Waals surface area contributed by atoms with Crippen LogP contribution in [0.1, 0.15) is 26.3 Å². The van der Waals surface area contributed by atoms with Gasteiger partial charge < -0.3 is 4.74 Å². The zero-order valence-corrected chi connectivity index (χ0v) is 10.9. The lowest BCUT2D eigenvalue weighted by molar-refractivity contribution is 0.0589. The number of hydrogen-bond acceptors (Lipinski definition) is 2.